The molecule has 2 unspecified atom stereocenters. The molecule has 1 nitrogen and oxygen atoms in total. The van der Waals surface area contributed by atoms with E-state index in [2.05, 4.69) is 33.0 Å². The summed E-state index contributed by atoms with van der Waals surface area (Å²) in [6.07, 6.45) is 11.2. The van der Waals surface area contributed by atoms with Crippen LogP contribution in [0.25, 0.3) is 0 Å². The zero-order valence-corrected chi connectivity index (χ0v) is 12.5. The summed E-state index contributed by atoms with van der Waals surface area (Å²) in [6, 6.07) is 0.748. The Hall–Kier alpha value is -0.0400. The van der Waals surface area contributed by atoms with Gasteiger partial charge in [-0.05, 0) is 43.6 Å². The summed E-state index contributed by atoms with van der Waals surface area (Å²) < 4.78 is 0. The van der Waals surface area contributed by atoms with Gasteiger partial charge < -0.3 is 5.32 Å². The van der Waals surface area contributed by atoms with E-state index < -0.39 is 0 Å². The predicted octanol–water partition coefficient (Wildman–Crippen LogP) is 4.76. The van der Waals surface area contributed by atoms with E-state index in [1.54, 1.807) is 0 Å². The van der Waals surface area contributed by atoms with Crippen LogP contribution in [0, 0.1) is 11.3 Å². The molecule has 0 heterocycles. The lowest BCUT2D eigenvalue weighted by molar-refractivity contribution is 0.126. The number of hydrogen-bond acceptors (Lipinski definition) is 1. The summed E-state index contributed by atoms with van der Waals surface area (Å²) in [5.41, 5.74) is 0.566. The summed E-state index contributed by atoms with van der Waals surface area (Å²) in [4.78, 5) is 0. The maximum absolute atomic E-state index is 3.84. The maximum atomic E-state index is 3.84. The van der Waals surface area contributed by atoms with Crippen molar-refractivity contribution < 1.29 is 0 Å². The molecular weight excluding hydrogens is 206 g/mol. The lowest BCUT2D eigenvalue weighted by atomic mass is 9.68. The highest BCUT2D eigenvalue weighted by molar-refractivity contribution is 4.90. The minimum atomic E-state index is 0.566. The molecule has 102 valence electrons. The van der Waals surface area contributed by atoms with Crippen LogP contribution in [-0.4, -0.2) is 12.6 Å². The Bertz CT molecular complexity index is 194. The standard InChI is InChI=1S/C16H33N/c1-5-12-17-15(13-14(3)6-2)16(4)10-8-7-9-11-16/h14-15,17H,5-13H2,1-4H3. The summed E-state index contributed by atoms with van der Waals surface area (Å²) in [5.74, 6) is 0.864. The summed E-state index contributed by atoms with van der Waals surface area (Å²) in [6.45, 7) is 10.7. The van der Waals surface area contributed by atoms with Gasteiger partial charge in [-0.1, -0.05) is 53.4 Å². The first-order valence-electron chi connectivity index (χ1n) is 7.85. The molecule has 0 aromatic heterocycles. The van der Waals surface area contributed by atoms with Crippen molar-refractivity contribution >= 4 is 0 Å². The maximum Gasteiger partial charge on any atom is 0.0123 e. The number of rotatable bonds is 7. The van der Waals surface area contributed by atoms with E-state index in [1.165, 1.54) is 57.9 Å². The van der Waals surface area contributed by atoms with E-state index in [9.17, 15) is 0 Å². The quantitative estimate of drug-likeness (QED) is 0.675. The third kappa shape index (κ3) is 4.62. The van der Waals surface area contributed by atoms with E-state index in [-0.39, 0.29) is 0 Å². The molecule has 1 aliphatic rings. The summed E-state index contributed by atoms with van der Waals surface area (Å²) >= 11 is 0. The van der Waals surface area contributed by atoms with E-state index in [0.29, 0.717) is 5.41 Å². The lowest BCUT2D eigenvalue weighted by Crippen LogP contribution is -2.46. The monoisotopic (exact) mass is 239 g/mol. The molecule has 0 spiro atoms. The van der Waals surface area contributed by atoms with Gasteiger partial charge in [-0.15, -0.1) is 0 Å². The fourth-order valence-corrected chi connectivity index (χ4v) is 3.21. The Balaban J connectivity index is 2.58. The van der Waals surface area contributed by atoms with Crippen LogP contribution in [0.2, 0.25) is 0 Å². The molecule has 0 aromatic carbocycles. The fraction of sp³-hybridized carbons (Fsp3) is 1.00. The van der Waals surface area contributed by atoms with E-state index in [1.807, 2.05) is 0 Å². The molecule has 1 aliphatic carbocycles. The molecule has 0 aromatic rings. The number of nitrogens with one attached hydrogen (secondary N) is 1. The fourth-order valence-electron chi connectivity index (χ4n) is 3.21. The van der Waals surface area contributed by atoms with Gasteiger partial charge in [-0.2, -0.15) is 0 Å². The van der Waals surface area contributed by atoms with Crippen molar-refractivity contribution in [1.29, 1.82) is 0 Å². The smallest absolute Gasteiger partial charge is 0.0123 e. The van der Waals surface area contributed by atoms with Gasteiger partial charge >= 0.3 is 0 Å². The Kier molecular flexibility index (Phi) is 6.54. The highest BCUT2D eigenvalue weighted by atomic mass is 14.9. The van der Waals surface area contributed by atoms with Gasteiger partial charge in [0.1, 0.15) is 0 Å². The van der Waals surface area contributed by atoms with Crippen molar-refractivity contribution in [1.82, 2.24) is 5.32 Å². The topological polar surface area (TPSA) is 12.0 Å². The summed E-state index contributed by atoms with van der Waals surface area (Å²) in [7, 11) is 0. The van der Waals surface area contributed by atoms with E-state index in [0.717, 1.165) is 12.0 Å². The molecule has 1 heteroatoms. The van der Waals surface area contributed by atoms with E-state index in [4.69, 9.17) is 0 Å². The molecule has 0 amide bonds. The zero-order chi connectivity index (χ0) is 12.7. The first-order chi connectivity index (χ1) is 8.12. The second kappa shape index (κ2) is 7.41. The van der Waals surface area contributed by atoms with Crippen molar-refractivity contribution in [3.63, 3.8) is 0 Å². The molecule has 17 heavy (non-hydrogen) atoms. The third-order valence-corrected chi connectivity index (χ3v) is 4.81. The predicted molar refractivity (Wildman–Crippen MR) is 77.3 cm³/mol. The highest BCUT2D eigenvalue weighted by Gasteiger charge is 2.35. The van der Waals surface area contributed by atoms with Crippen LogP contribution < -0.4 is 5.32 Å². The molecule has 0 radical (unpaired) electrons. The molecule has 1 rings (SSSR count). The Morgan fingerprint density at radius 2 is 1.76 bits per heavy atom. The van der Waals surface area contributed by atoms with Crippen LogP contribution >= 0.6 is 0 Å². The Labute approximate surface area is 109 Å². The van der Waals surface area contributed by atoms with Crippen LogP contribution in [0.3, 0.4) is 0 Å². The van der Waals surface area contributed by atoms with Gasteiger partial charge in [0.2, 0.25) is 0 Å². The van der Waals surface area contributed by atoms with Crippen LogP contribution in [0.15, 0.2) is 0 Å². The van der Waals surface area contributed by atoms with Crippen molar-refractivity contribution in [2.45, 2.75) is 85.1 Å². The third-order valence-electron chi connectivity index (χ3n) is 4.81. The molecule has 2 atom stereocenters. The molecule has 0 aliphatic heterocycles. The average Bonchev–Trinajstić information content (AvgIpc) is 2.34. The SMILES string of the molecule is CCCNC(CC(C)CC)C1(C)CCCCC1. The highest BCUT2D eigenvalue weighted by Crippen LogP contribution is 2.40. The second-order valence-corrected chi connectivity index (χ2v) is 6.47. The van der Waals surface area contributed by atoms with Crippen LogP contribution in [0.1, 0.15) is 79.1 Å². The molecule has 1 saturated carbocycles. The van der Waals surface area contributed by atoms with Crippen LogP contribution in [0.4, 0.5) is 0 Å². The lowest BCUT2D eigenvalue weighted by Gasteiger charge is -2.42. The average molecular weight is 239 g/mol. The minimum Gasteiger partial charge on any atom is -0.313 e. The molecule has 0 bridgehead atoms. The molecule has 1 fully saturated rings. The number of hydrogen-bond donors (Lipinski definition) is 1. The van der Waals surface area contributed by atoms with Gasteiger partial charge in [0.15, 0.2) is 0 Å². The van der Waals surface area contributed by atoms with Gasteiger partial charge in [0.05, 0.1) is 0 Å². The molecular formula is C16H33N. The first-order valence-corrected chi connectivity index (χ1v) is 7.85. The van der Waals surface area contributed by atoms with Gasteiger partial charge in [-0.25, -0.2) is 0 Å². The van der Waals surface area contributed by atoms with E-state index >= 15 is 0 Å². The van der Waals surface area contributed by atoms with Crippen LogP contribution in [0.5, 0.6) is 0 Å². The van der Waals surface area contributed by atoms with Gasteiger partial charge in [-0.3, -0.25) is 0 Å². The minimum absolute atomic E-state index is 0.566. The molecule has 1 N–H and O–H groups in total. The van der Waals surface area contributed by atoms with Crippen LogP contribution in [-0.2, 0) is 0 Å². The Morgan fingerprint density at radius 3 is 2.29 bits per heavy atom. The van der Waals surface area contributed by atoms with Gasteiger partial charge in [0.25, 0.3) is 0 Å². The van der Waals surface area contributed by atoms with Gasteiger partial charge in [0, 0.05) is 6.04 Å². The van der Waals surface area contributed by atoms with Crippen molar-refractivity contribution in [3.8, 4) is 0 Å². The summed E-state index contributed by atoms with van der Waals surface area (Å²) in [5, 5.41) is 3.84. The Morgan fingerprint density at radius 1 is 1.12 bits per heavy atom. The van der Waals surface area contributed by atoms with Crippen molar-refractivity contribution in [2.75, 3.05) is 6.54 Å². The normalized spacial score (nSPS) is 23.3. The van der Waals surface area contributed by atoms with Crippen molar-refractivity contribution in [2.24, 2.45) is 11.3 Å². The molecule has 0 saturated heterocycles. The first kappa shape index (κ1) is 15.0. The van der Waals surface area contributed by atoms with Crippen molar-refractivity contribution in [3.05, 3.63) is 0 Å². The second-order valence-electron chi connectivity index (χ2n) is 6.47. The largest absolute Gasteiger partial charge is 0.313 e. The zero-order valence-electron chi connectivity index (χ0n) is 12.5.